The third-order valence-electron chi connectivity index (χ3n) is 2.54. The zero-order chi connectivity index (χ0) is 13.5. The molecule has 96 valence electrons. The largest absolute Gasteiger partial charge is 0.433 e. The third-order valence-corrected chi connectivity index (χ3v) is 2.54. The molecule has 3 rings (SSSR count). The molecule has 19 heavy (non-hydrogen) atoms. The SMILES string of the molecule is FC(F)(F)c1cc(-c2ccccc2)n2nnnc2n1. The molecular weight excluding hydrogens is 259 g/mol. The van der Waals surface area contributed by atoms with Crippen molar-refractivity contribution >= 4 is 5.78 Å². The molecule has 0 aliphatic carbocycles. The van der Waals surface area contributed by atoms with Crippen LogP contribution in [0.3, 0.4) is 0 Å². The van der Waals surface area contributed by atoms with Gasteiger partial charge in [0.25, 0.3) is 5.78 Å². The van der Waals surface area contributed by atoms with E-state index in [1.54, 1.807) is 30.3 Å². The van der Waals surface area contributed by atoms with Gasteiger partial charge < -0.3 is 0 Å². The van der Waals surface area contributed by atoms with E-state index in [0.717, 1.165) is 6.07 Å². The Labute approximate surface area is 104 Å². The number of aromatic nitrogens is 5. The monoisotopic (exact) mass is 265 g/mol. The summed E-state index contributed by atoms with van der Waals surface area (Å²) in [4.78, 5) is 3.39. The van der Waals surface area contributed by atoms with Gasteiger partial charge in [0.1, 0.15) is 0 Å². The molecule has 0 bridgehead atoms. The van der Waals surface area contributed by atoms with Crippen LogP contribution < -0.4 is 0 Å². The number of nitrogens with zero attached hydrogens (tertiary/aromatic N) is 5. The molecule has 0 spiro atoms. The van der Waals surface area contributed by atoms with Crippen molar-refractivity contribution < 1.29 is 13.2 Å². The molecule has 0 saturated heterocycles. The molecule has 2 heterocycles. The Bertz CT molecular complexity index is 720. The van der Waals surface area contributed by atoms with Crippen molar-refractivity contribution in [2.75, 3.05) is 0 Å². The number of hydrogen-bond acceptors (Lipinski definition) is 4. The number of hydrogen-bond donors (Lipinski definition) is 0. The highest BCUT2D eigenvalue weighted by atomic mass is 19.4. The van der Waals surface area contributed by atoms with Crippen LogP contribution >= 0.6 is 0 Å². The fourth-order valence-corrected chi connectivity index (χ4v) is 1.70. The zero-order valence-electron chi connectivity index (χ0n) is 9.33. The van der Waals surface area contributed by atoms with E-state index in [0.29, 0.717) is 5.56 Å². The summed E-state index contributed by atoms with van der Waals surface area (Å²) in [5.74, 6) is -0.186. The number of fused-ring (bicyclic) bond motifs is 1. The number of alkyl halides is 3. The number of rotatable bonds is 1. The van der Waals surface area contributed by atoms with Crippen molar-refractivity contribution in [1.29, 1.82) is 0 Å². The highest BCUT2D eigenvalue weighted by Crippen LogP contribution is 2.30. The maximum absolute atomic E-state index is 12.8. The van der Waals surface area contributed by atoms with Crippen molar-refractivity contribution in [2.24, 2.45) is 0 Å². The Morgan fingerprint density at radius 1 is 1.05 bits per heavy atom. The number of halogens is 3. The first kappa shape index (κ1) is 11.6. The molecule has 0 aliphatic rings. The standard InChI is InChI=1S/C11H6F3N5/c12-11(13,14)9-6-8(7-4-2-1-3-5-7)19-10(15-9)16-17-18-19/h1-6H. The van der Waals surface area contributed by atoms with Crippen molar-refractivity contribution in [3.8, 4) is 11.3 Å². The van der Waals surface area contributed by atoms with Crippen LogP contribution in [0.25, 0.3) is 17.0 Å². The molecule has 8 heteroatoms. The van der Waals surface area contributed by atoms with Gasteiger partial charge in [-0.1, -0.05) is 35.4 Å². The second-order valence-corrected chi connectivity index (χ2v) is 3.78. The molecule has 3 aromatic rings. The van der Waals surface area contributed by atoms with E-state index in [1.807, 2.05) is 0 Å². The lowest BCUT2D eigenvalue weighted by Crippen LogP contribution is -2.11. The lowest BCUT2D eigenvalue weighted by molar-refractivity contribution is -0.141. The second-order valence-electron chi connectivity index (χ2n) is 3.78. The van der Waals surface area contributed by atoms with Gasteiger partial charge in [0.15, 0.2) is 5.69 Å². The lowest BCUT2D eigenvalue weighted by atomic mass is 10.1. The summed E-state index contributed by atoms with van der Waals surface area (Å²) in [6.45, 7) is 0. The van der Waals surface area contributed by atoms with Gasteiger partial charge in [-0.15, -0.1) is 0 Å². The van der Waals surface area contributed by atoms with Crippen molar-refractivity contribution in [2.45, 2.75) is 6.18 Å². The fourth-order valence-electron chi connectivity index (χ4n) is 1.70. The van der Waals surface area contributed by atoms with Crippen LogP contribution in [-0.2, 0) is 6.18 Å². The predicted molar refractivity (Wildman–Crippen MR) is 59.0 cm³/mol. The lowest BCUT2D eigenvalue weighted by Gasteiger charge is -2.08. The minimum absolute atomic E-state index is 0.186. The molecule has 0 radical (unpaired) electrons. The number of benzene rings is 1. The second kappa shape index (κ2) is 4.01. The van der Waals surface area contributed by atoms with Gasteiger partial charge >= 0.3 is 6.18 Å². The van der Waals surface area contributed by atoms with Crippen LogP contribution in [0.2, 0.25) is 0 Å². The van der Waals surface area contributed by atoms with E-state index < -0.39 is 11.9 Å². The van der Waals surface area contributed by atoms with E-state index >= 15 is 0 Å². The third kappa shape index (κ3) is 2.01. The van der Waals surface area contributed by atoms with E-state index in [2.05, 4.69) is 20.5 Å². The molecule has 0 aliphatic heterocycles. The minimum Gasteiger partial charge on any atom is -0.205 e. The Balaban J connectivity index is 2.31. The van der Waals surface area contributed by atoms with Gasteiger partial charge in [-0.2, -0.15) is 17.7 Å². The maximum atomic E-state index is 12.8. The first-order chi connectivity index (χ1) is 9.05. The van der Waals surface area contributed by atoms with Gasteiger partial charge in [-0.05, 0) is 16.5 Å². The number of tetrazole rings is 1. The summed E-state index contributed by atoms with van der Waals surface area (Å²) in [6, 6.07) is 9.50. The van der Waals surface area contributed by atoms with E-state index in [4.69, 9.17) is 0 Å². The summed E-state index contributed by atoms with van der Waals surface area (Å²) < 4.78 is 39.5. The minimum atomic E-state index is -4.54. The topological polar surface area (TPSA) is 56.0 Å². The van der Waals surface area contributed by atoms with Gasteiger partial charge in [0.2, 0.25) is 0 Å². The van der Waals surface area contributed by atoms with Crippen LogP contribution in [-0.4, -0.2) is 25.0 Å². The van der Waals surface area contributed by atoms with E-state index in [-0.39, 0.29) is 11.5 Å². The van der Waals surface area contributed by atoms with Crippen LogP contribution in [0, 0.1) is 0 Å². The Hall–Kier alpha value is -2.51. The Kier molecular flexibility index (Phi) is 2.44. The molecular formula is C11H6F3N5. The van der Waals surface area contributed by atoms with Crippen molar-refractivity contribution in [1.82, 2.24) is 25.0 Å². The van der Waals surface area contributed by atoms with Gasteiger partial charge in [-0.3, -0.25) is 0 Å². The van der Waals surface area contributed by atoms with Crippen LogP contribution in [0.1, 0.15) is 5.69 Å². The van der Waals surface area contributed by atoms with Gasteiger partial charge in [0.05, 0.1) is 5.69 Å². The smallest absolute Gasteiger partial charge is 0.205 e. The van der Waals surface area contributed by atoms with Crippen LogP contribution in [0.4, 0.5) is 13.2 Å². The molecule has 5 nitrogen and oxygen atoms in total. The molecule has 0 fully saturated rings. The fraction of sp³-hybridized carbons (Fsp3) is 0.0909. The quantitative estimate of drug-likeness (QED) is 0.677. The Morgan fingerprint density at radius 2 is 1.79 bits per heavy atom. The normalized spacial score (nSPS) is 11.9. The van der Waals surface area contributed by atoms with Gasteiger partial charge in [-0.25, -0.2) is 4.98 Å². The predicted octanol–water partition coefficient (Wildman–Crippen LogP) is 2.21. The molecule has 0 saturated carbocycles. The molecule has 0 unspecified atom stereocenters. The van der Waals surface area contributed by atoms with Gasteiger partial charge in [0, 0.05) is 5.56 Å². The van der Waals surface area contributed by atoms with E-state index in [1.165, 1.54) is 4.52 Å². The maximum Gasteiger partial charge on any atom is 0.433 e. The van der Waals surface area contributed by atoms with Crippen LogP contribution in [0.5, 0.6) is 0 Å². The summed E-state index contributed by atoms with van der Waals surface area (Å²) >= 11 is 0. The average molecular weight is 265 g/mol. The summed E-state index contributed by atoms with van der Waals surface area (Å²) in [7, 11) is 0. The highest BCUT2D eigenvalue weighted by molar-refractivity contribution is 5.61. The molecule has 2 aromatic heterocycles. The first-order valence-corrected chi connectivity index (χ1v) is 5.27. The summed E-state index contributed by atoms with van der Waals surface area (Å²) in [5.41, 5.74) is -0.204. The molecule has 1 aromatic carbocycles. The van der Waals surface area contributed by atoms with Crippen molar-refractivity contribution in [3.05, 3.63) is 42.1 Å². The Morgan fingerprint density at radius 3 is 2.47 bits per heavy atom. The first-order valence-electron chi connectivity index (χ1n) is 5.27. The average Bonchev–Trinajstić information content (AvgIpc) is 2.85. The molecule has 0 N–H and O–H groups in total. The van der Waals surface area contributed by atoms with E-state index in [9.17, 15) is 13.2 Å². The zero-order valence-corrected chi connectivity index (χ0v) is 9.33. The highest BCUT2D eigenvalue weighted by Gasteiger charge is 2.34. The molecule has 0 atom stereocenters. The molecule has 0 amide bonds. The van der Waals surface area contributed by atoms with Crippen molar-refractivity contribution in [3.63, 3.8) is 0 Å². The van der Waals surface area contributed by atoms with Crippen LogP contribution in [0.15, 0.2) is 36.4 Å². The summed E-state index contributed by atoms with van der Waals surface area (Å²) in [5, 5.41) is 10.5. The summed E-state index contributed by atoms with van der Waals surface area (Å²) in [6.07, 6.45) is -4.54.